The van der Waals surface area contributed by atoms with Gasteiger partial charge in [-0.15, -0.1) is 10.2 Å². The van der Waals surface area contributed by atoms with Gasteiger partial charge in [0, 0.05) is 5.69 Å². The zero-order valence-corrected chi connectivity index (χ0v) is 10.1. The van der Waals surface area contributed by atoms with Crippen molar-refractivity contribution in [1.82, 2.24) is 14.8 Å². The molecule has 0 fully saturated rings. The van der Waals surface area contributed by atoms with Crippen LogP contribution < -0.4 is 0 Å². The van der Waals surface area contributed by atoms with Gasteiger partial charge in [0.05, 0.1) is 0 Å². The maximum absolute atomic E-state index is 3.83. The molecule has 1 aromatic heterocycles. The molecule has 0 unspecified atom stereocenters. The van der Waals surface area contributed by atoms with Crippen LogP contribution in [-0.2, 0) is 0 Å². The van der Waals surface area contributed by atoms with Crippen LogP contribution in [0.2, 0.25) is 0 Å². The third-order valence-electron chi connectivity index (χ3n) is 2.95. The van der Waals surface area contributed by atoms with Crippen molar-refractivity contribution in [2.45, 2.75) is 6.92 Å². The summed E-state index contributed by atoms with van der Waals surface area (Å²) in [6.45, 7) is 2.09. The van der Waals surface area contributed by atoms with Crippen LogP contribution in [0.1, 0.15) is 5.56 Å². The quantitative estimate of drug-likeness (QED) is 0.682. The fourth-order valence-electron chi connectivity index (χ4n) is 1.93. The van der Waals surface area contributed by atoms with Crippen LogP contribution in [0.15, 0.2) is 61.2 Å². The molecule has 0 aliphatic rings. The Morgan fingerprint density at radius 1 is 0.833 bits per heavy atom. The molecule has 0 atom stereocenters. The van der Waals surface area contributed by atoms with E-state index in [1.807, 2.05) is 16.7 Å². The van der Waals surface area contributed by atoms with Crippen molar-refractivity contribution in [2.24, 2.45) is 0 Å². The SMILES string of the molecule is Cc1ccc(-c2cccc(-n3cnnc3)c2)cc1. The third-order valence-corrected chi connectivity index (χ3v) is 2.95. The van der Waals surface area contributed by atoms with Crippen LogP contribution in [0.25, 0.3) is 16.8 Å². The van der Waals surface area contributed by atoms with Gasteiger partial charge in [-0.05, 0) is 30.2 Å². The summed E-state index contributed by atoms with van der Waals surface area (Å²) in [6, 6.07) is 16.9. The second kappa shape index (κ2) is 4.45. The Labute approximate surface area is 106 Å². The smallest absolute Gasteiger partial charge is 0.123 e. The number of hydrogen-bond donors (Lipinski definition) is 0. The molecule has 18 heavy (non-hydrogen) atoms. The summed E-state index contributed by atoms with van der Waals surface area (Å²) in [5.74, 6) is 0. The van der Waals surface area contributed by atoms with E-state index in [4.69, 9.17) is 0 Å². The number of benzene rings is 2. The van der Waals surface area contributed by atoms with Crippen LogP contribution in [0.5, 0.6) is 0 Å². The first kappa shape index (κ1) is 10.7. The van der Waals surface area contributed by atoms with Crippen LogP contribution in [0.4, 0.5) is 0 Å². The van der Waals surface area contributed by atoms with Crippen LogP contribution >= 0.6 is 0 Å². The van der Waals surface area contributed by atoms with E-state index in [9.17, 15) is 0 Å². The summed E-state index contributed by atoms with van der Waals surface area (Å²) in [4.78, 5) is 0. The molecule has 0 aliphatic heterocycles. The first-order valence-corrected chi connectivity index (χ1v) is 5.85. The van der Waals surface area contributed by atoms with Crippen molar-refractivity contribution in [3.63, 3.8) is 0 Å². The van der Waals surface area contributed by atoms with E-state index in [1.54, 1.807) is 12.7 Å². The van der Waals surface area contributed by atoms with Gasteiger partial charge >= 0.3 is 0 Å². The number of hydrogen-bond acceptors (Lipinski definition) is 2. The minimum atomic E-state index is 1.07. The molecule has 3 heteroatoms. The fourth-order valence-corrected chi connectivity index (χ4v) is 1.93. The molecule has 0 radical (unpaired) electrons. The van der Waals surface area contributed by atoms with Gasteiger partial charge in [-0.2, -0.15) is 0 Å². The molecule has 3 aromatic rings. The molecule has 0 aliphatic carbocycles. The Bertz CT molecular complexity index is 640. The Balaban J connectivity index is 2.03. The van der Waals surface area contributed by atoms with Crippen molar-refractivity contribution < 1.29 is 0 Å². The van der Waals surface area contributed by atoms with Crippen molar-refractivity contribution in [2.75, 3.05) is 0 Å². The third kappa shape index (κ3) is 2.02. The molecule has 3 nitrogen and oxygen atoms in total. The van der Waals surface area contributed by atoms with Gasteiger partial charge in [0.15, 0.2) is 0 Å². The fraction of sp³-hybridized carbons (Fsp3) is 0.0667. The highest BCUT2D eigenvalue weighted by molar-refractivity contribution is 5.66. The van der Waals surface area contributed by atoms with E-state index in [0.29, 0.717) is 0 Å². The molecule has 3 rings (SSSR count). The molecule has 0 saturated carbocycles. The molecule has 0 saturated heterocycles. The maximum Gasteiger partial charge on any atom is 0.123 e. The van der Waals surface area contributed by atoms with Gasteiger partial charge in [-0.3, -0.25) is 4.57 Å². The monoisotopic (exact) mass is 235 g/mol. The van der Waals surface area contributed by atoms with E-state index in [-0.39, 0.29) is 0 Å². The van der Waals surface area contributed by atoms with Gasteiger partial charge in [-0.1, -0.05) is 42.0 Å². The average molecular weight is 235 g/mol. The lowest BCUT2D eigenvalue weighted by atomic mass is 10.0. The predicted octanol–water partition coefficient (Wildman–Crippen LogP) is 3.24. The Morgan fingerprint density at radius 3 is 2.28 bits per heavy atom. The Kier molecular flexibility index (Phi) is 2.65. The van der Waals surface area contributed by atoms with Crippen molar-refractivity contribution in [1.29, 1.82) is 0 Å². The number of aryl methyl sites for hydroxylation is 1. The van der Waals surface area contributed by atoms with Gasteiger partial charge in [0.2, 0.25) is 0 Å². The summed E-state index contributed by atoms with van der Waals surface area (Å²) in [5, 5.41) is 7.65. The largest absolute Gasteiger partial charge is 0.288 e. The molecular weight excluding hydrogens is 222 g/mol. The molecule has 0 bridgehead atoms. The second-order valence-electron chi connectivity index (χ2n) is 4.29. The Hall–Kier alpha value is -2.42. The van der Waals surface area contributed by atoms with Crippen LogP contribution in [0, 0.1) is 6.92 Å². The maximum atomic E-state index is 3.83. The van der Waals surface area contributed by atoms with Crippen molar-refractivity contribution in [3.05, 3.63) is 66.7 Å². The summed E-state index contributed by atoms with van der Waals surface area (Å²) in [7, 11) is 0. The van der Waals surface area contributed by atoms with Gasteiger partial charge in [-0.25, -0.2) is 0 Å². The number of rotatable bonds is 2. The molecule has 0 amide bonds. The molecule has 0 N–H and O–H groups in total. The number of nitrogens with zero attached hydrogens (tertiary/aromatic N) is 3. The van der Waals surface area contributed by atoms with Gasteiger partial charge in [0.1, 0.15) is 12.7 Å². The highest BCUT2D eigenvalue weighted by atomic mass is 15.2. The van der Waals surface area contributed by atoms with E-state index in [2.05, 4.69) is 53.5 Å². The number of aromatic nitrogens is 3. The van der Waals surface area contributed by atoms with Gasteiger partial charge < -0.3 is 0 Å². The first-order chi connectivity index (χ1) is 8.83. The van der Waals surface area contributed by atoms with Crippen LogP contribution in [0.3, 0.4) is 0 Å². The molecular formula is C15H13N3. The zero-order valence-electron chi connectivity index (χ0n) is 10.1. The zero-order chi connectivity index (χ0) is 12.4. The highest BCUT2D eigenvalue weighted by Gasteiger charge is 2.00. The van der Waals surface area contributed by atoms with Crippen molar-refractivity contribution in [3.8, 4) is 16.8 Å². The molecule has 88 valence electrons. The van der Waals surface area contributed by atoms with E-state index in [0.717, 1.165) is 5.69 Å². The topological polar surface area (TPSA) is 30.7 Å². The average Bonchev–Trinajstić information content (AvgIpc) is 2.94. The minimum absolute atomic E-state index is 1.07. The molecule has 0 spiro atoms. The molecule has 2 aromatic carbocycles. The van der Waals surface area contributed by atoms with Gasteiger partial charge in [0.25, 0.3) is 0 Å². The van der Waals surface area contributed by atoms with E-state index >= 15 is 0 Å². The van der Waals surface area contributed by atoms with E-state index in [1.165, 1.54) is 16.7 Å². The normalized spacial score (nSPS) is 10.5. The summed E-state index contributed by atoms with van der Waals surface area (Å²) in [6.07, 6.45) is 3.41. The Morgan fingerprint density at radius 2 is 1.56 bits per heavy atom. The first-order valence-electron chi connectivity index (χ1n) is 5.85. The van der Waals surface area contributed by atoms with Crippen molar-refractivity contribution >= 4 is 0 Å². The standard InChI is InChI=1S/C15H13N3/c1-12-5-7-13(8-6-12)14-3-2-4-15(9-14)18-10-16-17-11-18/h2-11H,1H3. The summed E-state index contributed by atoms with van der Waals surface area (Å²) in [5.41, 5.74) is 4.75. The second-order valence-corrected chi connectivity index (χ2v) is 4.29. The minimum Gasteiger partial charge on any atom is -0.288 e. The van der Waals surface area contributed by atoms with E-state index < -0.39 is 0 Å². The lowest BCUT2D eigenvalue weighted by molar-refractivity contribution is 1.06. The lowest BCUT2D eigenvalue weighted by Gasteiger charge is -2.06. The van der Waals surface area contributed by atoms with Crippen LogP contribution in [-0.4, -0.2) is 14.8 Å². The lowest BCUT2D eigenvalue weighted by Crippen LogP contribution is -1.90. The summed E-state index contributed by atoms with van der Waals surface area (Å²) < 4.78 is 1.90. The summed E-state index contributed by atoms with van der Waals surface area (Å²) >= 11 is 0. The highest BCUT2D eigenvalue weighted by Crippen LogP contribution is 2.22. The predicted molar refractivity (Wildman–Crippen MR) is 71.5 cm³/mol. The molecule has 1 heterocycles.